The largest absolute Gasteiger partial charge is 0.387 e. The molecule has 1 aliphatic rings. The number of amides is 1. The Morgan fingerprint density at radius 2 is 1.57 bits per heavy atom. The van der Waals surface area contributed by atoms with E-state index >= 15 is 4.39 Å². The van der Waals surface area contributed by atoms with Crippen molar-refractivity contribution in [1.82, 2.24) is 14.9 Å². The fraction of sp³-hybridized carbons (Fsp3) is 0.528. The molecule has 49 heavy (non-hydrogen) atoms. The number of nitrogens with one attached hydrogen (secondary N) is 2. The average Bonchev–Trinajstić information content (AvgIpc) is 3.30. The van der Waals surface area contributed by atoms with Crippen LogP contribution in [-0.2, 0) is 23.1 Å². The van der Waals surface area contributed by atoms with E-state index in [0.29, 0.717) is 19.3 Å². The third-order valence-corrected chi connectivity index (χ3v) is 9.56. The van der Waals surface area contributed by atoms with Gasteiger partial charge in [-0.2, -0.15) is 0 Å². The van der Waals surface area contributed by atoms with Crippen molar-refractivity contribution in [2.24, 2.45) is 0 Å². The summed E-state index contributed by atoms with van der Waals surface area (Å²) in [5.41, 5.74) is -3.98. The number of ether oxygens (including phenoxy) is 1. The van der Waals surface area contributed by atoms with Crippen molar-refractivity contribution in [1.29, 1.82) is 0 Å². The van der Waals surface area contributed by atoms with Crippen LogP contribution in [0.4, 0.5) is 4.39 Å². The van der Waals surface area contributed by atoms with Gasteiger partial charge < -0.3 is 24.2 Å². The molecule has 0 radical (unpaired) electrons. The van der Waals surface area contributed by atoms with Crippen molar-refractivity contribution < 1.29 is 32.6 Å². The molecule has 272 valence electrons. The van der Waals surface area contributed by atoms with Crippen molar-refractivity contribution in [3.8, 4) is 0 Å². The fourth-order valence-corrected chi connectivity index (χ4v) is 6.14. The summed E-state index contributed by atoms with van der Waals surface area (Å²) in [5.74, 6) is -0.138. The summed E-state index contributed by atoms with van der Waals surface area (Å²) >= 11 is 0. The number of H-pyrrole nitrogens is 1. The predicted molar refractivity (Wildman–Crippen MR) is 191 cm³/mol. The summed E-state index contributed by atoms with van der Waals surface area (Å²) < 4.78 is 45.3. The van der Waals surface area contributed by atoms with Crippen LogP contribution < -0.4 is 16.6 Å². The maximum Gasteiger partial charge on any atom is 0.330 e. The molecule has 0 bridgehead atoms. The molecule has 2 rings (SSSR count). The molecule has 1 amide bonds. The third-order valence-electron chi connectivity index (χ3n) is 7.60. The van der Waals surface area contributed by atoms with E-state index in [-0.39, 0.29) is 18.6 Å². The highest BCUT2D eigenvalue weighted by atomic mass is 31.2. The van der Waals surface area contributed by atoms with Crippen LogP contribution in [0.15, 0.2) is 94.8 Å². The van der Waals surface area contributed by atoms with Crippen molar-refractivity contribution in [2.45, 2.75) is 95.7 Å². The highest BCUT2D eigenvalue weighted by Gasteiger charge is 2.55. The number of carbonyl (C=O) groups excluding carboxylic acids is 1. The molecule has 0 aromatic carbocycles. The summed E-state index contributed by atoms with van der Waals surface area (Å²) in [4.78, 5) is 37.7. The van der Waals surface area contributed by atoms with Gasteiger partial charge in [0.1, 0.15) is 12.2 Å². The second-order valence-electron chi connectivity index (χ2n) is 11.6. The van der Waals surface area contributed by atoms with Gasteiger partial charge in [0.25, 0.3) is 5.56 Å². The molecule has 2 heterocycles. The molecular formula is C36H53FN3O8P. The summed E-state index contributed by atoms with van der Waals surface area (Å²) in [6.07, 6.45) is 28.9. The number of carbonyl (C=O) groups is 1. The lowest BCUT2D eigenvalue weighted by Gasteiger charge is -2.24. The van der Waals surface area contributed by atoms with Crippen molar-refractivity contribution in [2.75, 3.05) is 26.4 Å². The first-order valence-corrected chi connectivity index (χ1v) is 18.6. The Morgan fingerprint density at radius 3 is 2.10 bits per heavy atom. The Balaban J connectivity index is 1.58. The Morgan fingerprint density at radius 1 is 1.02 bits per heavy atom. The molecule has 5 atom stereocenters. The molecular weight excluding hydrogens is 652 g/mol. The van der Waals surface area contributed by atoms with Crippen LogP contribution in [0.3, 0.4) is 0 Å². The van der Waals surface area contributed by atoms with Gasteiger partial charge in [-0.05, 0) is 58.3 Å². The second kappa shape index (κ2) is 23.1. The zero-order valence-electron chi connectivity index (χ0n) is 28.9. The van der Waals surface area contributed by atoms with Crippen LogP contribution in [0, 0.1) is 0 Å². The minimum Gasteiger partial charge on any atom is -0.387 e. The van der Waals surface area contributed by atoms with Gasteiger partial charge in [-0.15, -0.1) is 0 Å². The van der Waals surface area contributed by atoms with E-state index in [9.17, 15) is 24.1 Å². The van der Waals surface area contributed by atoms with E-state index in [1.807, 2.05) is 17.1 Å². The molecule has 1 fully saturated rings. The summed E-state index contributed by atoms with van der Waals surface area (Å²) in [7, 11) is -2.45. The first kappa shape index (κ1) is 41.8. The quantitative estimate of drug-likeness (QED) is 0.0677. The van der Waals surface area contributed by atoms with E-state index in [2.05, 4.69) is 73.0 Å². The van der Waals surface area contributed by atoms with E-state index < -0.39 is 49.6 Å². The lowest BCUT2D eigenvalue weighted by molar-refractivity contribution is -0.121. The fourth-order valence-electron chi connectivity index (χ4n) is 4.80. The third kappa shape index (κ3) is 15.8. The van der Waals surface area contributed by atoms with Gasteiger partial charge >= 0.3 is 13.3 Å². The number of rotatable bonds is 23. The van der Waals surface area contributed by atoms with E-state index in [0.717, 1.165) is 62.3 Å². The van der Waals surface area contributed by atoms with Gasteiger partial charge in [-0.1, -0.05) is 79.8 Å². The molecule has 13 heteroatoms. The molecule has 1 aromatic heterocycles. The summed E-state index contributed by atoms with van der Waals surface area (Å²) in [6, 6.07) is 1.03. The molecule has 1 saturated heterocycles. The number of hydrogen-bond donors (Lipinski definition) is 3. The summed E-state index contributed by atoms with van der Waals surface area (Å²) in [6.45, 7) is 2.97. The van der Waals surface area contributed by atoms with E-state index in [4.69, 9.17) is 13.8 Å². The lowest BCUT2D eigenvalue weighted by Crippen LogP contribution is -2.43. The number of aliphatic hydroxyl groups is 1. The SMILES string of the molecule is CC/C=C\C/C=C\C/C=C\C/C=C\C/C=C\C/C=C\CCC(=O)NCCCP(=O)(OC)OC[C@H]1OC(n2ccc(=O)[nH]c2=O)[C@](C)(F)[C@@H]1O. The first-order valence-electron chi connectivity index (χ1n) is 16.8. The number of aliphatic hydroxyl groups excluding tert-OH is 1. The highest BCUT2D eigenvalue weighted by molar-refractivity contribution is 7.53. The molecule has 1 aliphatic heterocycles. The van der Waals surface area contributed by atoms with Gasteiger partial charge in [0.05, 0.1) is 12.8 Å². The van der Waals surface area contributed by atoms with Crippen LogP contribution >= 0.6 is 7.60 Å². The standard InChI is InChI=1S/C36H53FN3O8P/c1-4-5-6-7-8-9-10-11-12-13-14-15-16-17-18-19-20-21-22-24-31(41)38-26-23-28-49(45,46-3)47-29-30-33(43)36(2,37)34(48-30)40-27-25-32(42)39-35(40)44/h5-6,8-9,11-12,14-15,17-18,20-21,25,27,30,33-34,43H,4,7,10,13,16,19,22-24,26,28-29H2,1-3H3,(H,38,41)(H,39,42,44)/b6-5-,9-8-,12-11-,15-14-,18-17-,21-20-/t30-,33-,34?,36-,49?/m1/s1. The molecule has 0 aliphatic carbocycles. The van der Waals surface area contributed by atoms with Crippen LogP contribution in [0.2, 0.25) is 0 Å². The second-order valence-corrected chi connectivity index (χ2v) is 13.9. The number of allylic oxidation sites excluding steroid dienone is 12. The topological polar surface area (TPSA) is 149 Å². The maximum atomic E-state index is 15.4. The van der Waals surface area contributed by atoms with Gasteiger partial charge in [0, 0.05) is 32.3 Å². The van der Waals surface area contributed by atoms with Crippen LogP contribution in [-0.4, -0.2) is 64.9 Å². The van der Waals surface area contributed by atoms with Crippen molar-refractivity contribution >= 4 is 13.5 Å². The number of aromatic amines is 1. The Bertz CT molecular complexity index is 1480. The van der Waals surface area contributed by atoms with E-state index in [1.54, 1.807) is 0 Å². The van der Waals surface area contributed by atoms with Crippen molar-refractivity contribution in [3.63, 3.8) is 0 Å². The number of hydrogen-bond acceptors (Lipinski definition) is 8. The van der Waals surface area contributed by atoms with Crippen LogP contribution in [0.1, 0.15) is 77.9 Å². The lowest BCUT2D eigenvalue weighted by atomic mass is 9.98. The first-order chi connectivity index (χ1) is 23.5. The van der Waals surface area contributed by atoms with Crippen LogP contribution in [0.25, 0.3) is 0 Å². The summed E-state index contributed by atoms with van der Waals surface area (Å²) in [5, 5.41) is 13.3. The van der Waals surface area contributed by atoms with Gasteiger partial charge in [-0.25, -0.2) is 9.18 Å². The Kier molecular flexibility index (Phi) is 19.7. The van der Waals surface area contributed by atoms with Gasteiger partial charge in [-0.3, -0.25) is 23.7 Å². The average molecular weight is 706 g/mol. The molecule has 0 spiro atoms. The molecule has 2 unspecified atom stereocenters. The Hall–Kier alpha value is -3.41. The number of aromatic nitrogens is 2. The maximum absolute atomic E-state index is 15.4. The minimum absolute atomic E-state index is 0.0323. The van der Waals surface area contributed by atoms with Crippen molar-refractivity contribution in [3.05, 3.63) is 106 Å². The minimum atomic E-state index is -3.66. The monoisotopic (exact) mass is 705 g/mol. The van der Waals surface area contributed by atoms with Gasteiger partial charge in [0.2, 0.25) is 5.91 Å². The predicted octanol–water partition coefficient (Wildman–Crippen LogP) is 6.36. The number of halogens is 1. The molecule has 0 saturated carbocycles. The Labute approximate surface area is 288 Å². The van der Waals surface area contributed by atoms with E-state index in [1.165, 1.54) is 7.11 Å². The zero-order valence-corrected chi connectivity index (χ0v) is 29.8. The molecule has 11 nitrogen and oxygen atoms in total. The van der Waals surface area contributed by atoms with Crippen LogP contribution in [0.5, 0.6) is 0 Å². The molecule has 3 N–H and O–H groups in total. The number of nitrogens with zero attached hydrogens (tertiary/aromatic N) is 1. The highest BCUT2D eigenvalue weighted by Crippen LogP contribution is 2.49. The normalized spacial score (nSPS) is 22.9. The van der Waals surface area contributed by atoms with Gasteiger partial charge in [0.15, 0.2) is 11.9 Å². The smallest absolute Gasteiger partial charge is 0.330 e. The number of alkyl halides is 1. The molecule has 1 aromatic rings. The zero-order chi connectivity index (χ0) is 36.0.